The Bertz CT molecular complexity index is 1490. The van der Waals surface area contributed by atoms with Crippen LogP contribution >= 0.6 is 11.6 Å². The first-order valence-electron chi connectivity index (χ1n) is 14.1. The molecule has 2 aromatic heterocycles. The van der Waals surface area contributed by atoms with Crippen molar-refractivity contribution in [3.63, 3.8) is 0 Å². The second-order valence-electron chi connectivity index (χ2n) is 11.5. The number of aliphatic hydroxyl groups excluding tert-OH is 1. The number of fused-ring (bicyclic) bond motifs is 1. The van der Waals surface area contributed by atoms with E-state index in [1.54, 1.807) is 4.52 Å². The van der Waals surface area contributed by atoms with E-state index in [9.17, 15) is 9.90 Å². The number of carbonyl (C=O) groups excluding carboxylic acids is 1. The summed E-state index contributed by atoms with van der Waals surface area (Å²) in [6.45, 7) is 6.78. The van der Waals surface area contributed by atoms with Crippen molar-refractivity contribution in [2.45, 2.75) is 83.5 Å². The zero-order chi connectivity index (χ0) is 28.1. The molecular formula is C30H35ClN4O5. The maximum Gasteiger partial charge on any atom is 0.338 e. The summed E-state index contributed by atoms with van der Waals surface area (Å²) in [4.78, 5) is 22.4. The van der Waals surface area contributed by atoms with Gasteiger partial charge in [0, 0.05) is 34.8 Å². The predicted molar refractivity (Wildman–Crippen MR) is 148 cm³/mol. The van der Waals surface area contributed by atoms with Crippen LogP contribution in [0.2, 0.25) is 5.02 Å². The van der Waals surface area contributed by atoms with Crippen LogP contribution < -0.4 is 0 Å². The first-order valence-corrected chi connectivity index (χ1v) is 14.4. The zero-order valence-electron chi connectivity index (χ0n) is 23.2. The lowest BCUT2D eigenvalue weighted by molar-refractivity contribution is -0.167. The molecule has 3 aromatic rings. The Morgan fingerprint density at radius 3 is 2.58 bits per heavy atom. The first-order chi connectivity index (χ1) is 19.2. The maximum absolute atomic E-state index is 13.4. The molecule has 1 N–H and O–H groups in total. The van der Waals surface area contributed by atoms with Gasteiger partial charge in [0.15, 0.2) is 11.6 Å². The van der Waals surface area contributed by atoms with Crippen LogP contribution in [0.15, 0.2) is 35.6 Å². The lowest BCUT2D eigenvalue weighted by Gasteiger charge is -2.41. The highest BCUT2D eigenvalue weighted by molar-refractivity contribution is 6.31. The highest BCUT2D eigenvalue weighted by Crippen LogP contribution is 2.46. The molecule has 4 heterocycles. The third-order valence-electron chi connectivity index (χ3n) is 8.65. The van der Waals surface area contributed by atoms with E-state index in [0.717, 1.165) is 48.2 Å². The van der Waals surface area contributed by atoms with Gasteiger partial charge in [-0.05, 0) is 70.1 Å². The van der Waals surface area contributed by atoms with Crippen LogP contribution in [0.1, 0.15) is 73.8 Å². The molecule has 0 radical (unpaired) electrons. The van der Waals surface area contributed by atoms with E-state index in [1.807, 2.05) is 45.0 Å². The highest BCUT2D eigenvalue weighted by atomic mass is 35.5. The van der Waals surface area contributed by atoms with E-state index in [0.29, 0.717) is 42.7 Å². The summed E-state index contributed by atoms with van der Waals surface area (Å²) >= 11 is 6.66. The molecule has 1 atom stereocenters. The average molecular weight is 567 g/mol. The number of hydrogen-bond acceptors (Lipinski definition) is 8. The molecule has 2 aliphatic heterocycles. The summed E-state index contributed by atoms with van der Waals surface area (Å²) in [6.07, 6.45) is 5.76. The van der Waals surface area contributed by atoms with Crippen molar-refractivity contribution >= 4 is 23.3 Å². The number of aliphatic hydroxyl groups is 1. The summed E-state index contributed by atoms with van der Waals surface area (Å²) in [5.74, 6) is -0.173. The Labute approximate surface area is 238 Å². The number of halogens is 1. The molecule has 40 heavy (non-hydrogen) atoms. The smallest absolute Gasteiger partial charge is 0.338 e. The summed E-state index contributed by atoms with van der Waals surface area (Å²) in [5.41, 5.74) is 3.03. The minimum absolute atomic E-state index is 0.0692. The number of benzene rings is 1. The Balaban J connectivity index is 1.23. The second kappa shape index (κ2) is 10.4. The normalized spacial score (nSPS) is 23.4. The number of aromatic nitrogens is 4. The van der Waals surface area contributed by atoms with Crippen molar-refractivity contribution in [3.05, 3.63) is 69.0 Å². The van der Waals surface area contributed by atoms with Crippen molar-refractivity contribution in [1.29, 1.82) is 0 Å². The lowest BCUT2D eigenvalue weighted by atomic mass is 9.76. The van der Waals surface area contributed by atoms with Crippen molar-refractivity contribution < 1.29 is 24.1 Å². The summed E-state index contributed by atoms with van der Waals surface area (Å²) in [5, 5.41) is 16.3. The molecule has 0 amide bonds. The lowest BCUT2D eigenvalue weighted by Crippen LogP contribution is -2.46. The standard InChI is InChI=1S/C30H35ClN4O5/c1-18-14-19(2)35-28(32-18)33-26(34-35)16-22-25(36)17-30(40-27(22)37,21-6-4-5-7-21)11-10-20-8-9-23(24(31)15-20)29(3)38-12-13-39-29/h8-9,14-15,21,36H,4-7,10-13,16-17H2,1-3H3. The van der Waals surface area contributed by atoms with Gasteiger partial charge in [-0.25, -0.2) is 14.3 Å². The van der Waals surface area contributed by atoms with E-state index in [1.165, 1.54) is 0 Å². The molecule has 1 aliphatic carbocycles. The fourth-order valence-electron chi connectivity index (χ4n) is 6.54. The van der Waals surface area contributed by atoms with Crippen LogP contribution in [0.4, 0.5) is 0 Å². The predicted octanol–water partition coefficient (Wildman–Crippen LogP) is 5.48. The van der Waals surface area contributed by atoms with Gasteiger partial charge in [-0.15, -0.1) is 5.10 Å². The highest BCUT2D eigenvalue weighted by Gasteiger charge is 2.48. The molecule has 1 unspecified atom stereocenters. The van der Waals surface area contributed by atoms with E-state index in [-0.39, 0.29) is 30.1 Å². The van der Waals surface area contributed by atoms with E-state index >= 15 is 0 Å². The number of aryl methyl sites for hydroxylation is 3. The van der Waals surface area contributed by atoms with Gasteiger partial charge in [-0.3, -0.25) is 0 Å². The topological polar surface area (TPSA) is 108 Å². The fraction of sp³-hybridized carbons (Fsp3) is 0.533. The molecule has 0 bridgehead atoms. The largest absolute Gasteiger partial charge is 0.512 e. The molecule has 2 fully saturated rings. The van der Waals surface area contributed by atoms with Gasteiger partial charge in [-0.2, -0.15) is 4.98 Å². The van der Waals surface area contributed by atoms with Gasteiger partial charge in [0.05, 0.1) is 18.8 Å². The molecule has 10 heteroatoms. The van der Waals surface area contributed by atoms with Crippen molar-refractivity contribution in [1.82, 2.24) is 19.6 Å². The van der Waals surface area contributed by atoms with Crippen LogP contribution in [-0.4, -0.2) is 49.5 Å². The number of hydrogen-bond donors (Lipinski definition) is 1. The molecule has 212 valence electrons. The van der Waals surface area contributed by atoms with Gasteiger partial charge in [0.1, 0.15) is 11.4 Å². The van der Waals surface area contributed by atoms with Crippen LogP contribution in [0.5, 0.6) is 0 Å². The SMILES string of the molecule is Cc1cc(C)n2nc(CC3=C(O)CC(CCc4ccc(C5(C)OCCO5)c(Cl)c4)(C4CCCC4)OC3=O)nc2n1. The Kier molecular flexibility index (Phi) is 7.09. The van der Waals surface area contributed by atoms with Crippen LogP contribution in [-0.2, 0) is 37.6 Å². The average Bonchev–Trinajstić information content (AvgIpc) is 3.67. The molecule has 0 spiro atoms. The minimum atomic E-state index is -0.837. The van der Waals surface area contributed by atoms with Gasteiger partial charge in [0.25, 0.3) is 5.78 Å². The summed E-state index contributed by atoms with van der Waals surface area (Å²) in [7, 11) is 0. The molecule has 3 aliphatic rings. The van der Waals surface area contributed by atoms with Gasteiger partial charge >= 0.3 is 5.97 Å². The molecule has 1 aromatic carbocycles. The maximum atomic E-state index is 13.4. The third kappa shape index (κ3) is 4.99. The Morgan fingerprint density at radius 2 is 1.88 bits per heavy atom. The third-order valence-corrected chi connectivity index (χ3v) is 8.96. The van der Waals surface area contributed by atoms with E-state index < -0.39 is 17.4 Å². The summed E-state index contributed by atoms with van der Waals surface area (Å²) in [6, 6.07) is 7.84. The molecule has 6 rings (SSSR count). The van der Waals surface area contributed by atoms with Gasteiger partial charge in [-0.1, -0.05) is 36.6 Å². The monoisotopic (exact) mass is 566 g/mol. The number of carbonyl (C=O) groups is 1. The van der Waals surface area contributed by atoms with E-state index in [2.05, 4.69) is 15.1 Å². The van der Waals surface area contributed by atoms with Gasteiger partial charge < -0.3 is 19.3 Å². The Hall–Kier alpha value is -3.01. The van der Waals surface area contributed by atoms with Crippen LogP contribution in [0.25, 0.3) is 5.78 Å². The number of esters is 1. The fourth-order valence-corrected chi connectivity index (χ4v) is 6.91. The molecule has 1 saturated carbocycles. The number of nitrogens with zero attached hydrogens (tertiary/aromatic N) is 4. The number of rotatable bonds is 7. The minimum Gasteiger partial charge on any atom is -0.512 e. The molecule has 1 saturated heterocycles. The Morgan fingerprint density at radius 1 is 1.12 bits per heavy atom. The van der Waals surface area contributed by atoms with Crippen molar-refractivity contribution in [2.75, 3.05) is 13.2 Å². The van der Waals surface area contributed by atoms with Crippen molar-refractivity contribution in [3.8, 4) is 0 Å². The first kappa shape index (κ1) is 27.2. The van der Waals surface area contributed by atoms with Crippen LogP contribution in [0, 0.1) is 19.8 Å². The van der Waals surface area contributed by atoms with Crippen molar-refractivity contribution in [2.24, 2.45) is 5.92 Å². The number of ether oxygens (including phenoxy) is 3. The second-order valence-corrected chi connectivity index (χ2v) is 11.9. The zero-order valence-corrected chi connectivity index (χ0v) is 24.0. The molecular weight excluding hydrogens is 532 g/mol. The van der Waals surface area contributed by atoms with Gasteiger partial charge in [0.2, 0.25) is 0 Å². The molecule has 9 nitrogen and oxygen atoms in total. The van der Waals surface area contributed by atoms with Crippen LogP contribution in [0.3, 0.4) is 0 Å². The summed E-state index contributed by atoms with van der Waals surface area (Å²) < 4.78 is 19.5. The van der Waals surface area contributed by atoms with E-state index in [4.69, 9.17) is 25.8 Å². The quantitative estimate of drug-likeness (QED) is 0.375. The number of cyclic esters (lactones) is 1.